The molecule has 1 fully saturated rings. The number of halogens is 1. The van der Waals surface area contributed by atoms with E-state index in [0.717, 1.165) is 25.3 Å². The Morgan fingerprint density at radius 2 is 2.10 bits per heavy atom. The van der Waals surface area contributed by atoms with Crippen LogP contribution in [-0.4, -0.2) is 39.8 Å². The lowest BCUT2D eigenvalue weighted by Crippen LogP contribution is -2.28. The lowest BCUT2D eigenvalue weighted by molar-refractivity contribution is 0.285. The van der Waals surface area contributed by atoms with E-state index in [0.29, 0.717) is 24.7 Å². The zero-order valence-corrected chi connectivity index (χ0v) is 12.9. The van der Waals surface area contributed by atoms with Crippen LogP contribution in [0.1, 0.15) is 25.7 Å². The van der Waals surface area contributed by atoms with Crippen LogP contribution >= 0.6 is 0 Å². The number of benzene rings is 1. The average molecular weight is 316 g/mol. The Bertz CT molecular complexity index is 588. The minimum atomic E-state index is -3.63. The zero-order chi connectivity index (χ0) is 15.5. The summed E-state index contributed by atoms with van der Waals surface area (Å²) < 4.78 is 39.8. The van der Waals surface area contributed by atoms with Crippen LogP contribution in [-0.2, 0) is 10.0 Å². The fourth-order valence-electron chi connectivity index (χ4n) is 2.29. The molecule has 1 aromatic rings. The quantitative estimate of drug-likeness (QED) is 0.713. The molecule has 7 heteroatoms. The Labute approximate surface area is 124 Å². The summed E-state index contributed by atoms with van der Waals surface area (Å²) in [6.07, 6.45) is 3.50. The van der Waals surface area contributed by atoms with Gasteiger partial charge in [0.25, 0.3) is 0 Å². The van der Waals surface area contributed by atoms with Gasteiger partial charge in [0.05, 0.1) is 10.6 Å². The summed E-state index contributed by atoms with van der Waals surface area (Å²) in [6, 6.07) is 4.33. The minimum Gasteiger partial charge on any atom is -0.396 e. The normalized spacial score (nSPS) is 15.2. The molecular weight excluding hydrogens is 295 g/mol. The van der Waals surface area contributed by atoms with Gasteiger partial charge in [-0.05, 0) is 50.9 Å². The van der Waals surface area contributed by atoms with Gasteiger partial charge in [-0.25, -0.2) is 17.5 Å². The molecule has 0 bridgehead atoms. The van der Waals surface area contributed by atoms with Gasteiger partial charge in [-0.1, -0.05) is 0 Å². The fraction of sp³-hybridized carbons (Fsp3) is 0.571. The molecule has 0 atom stereocenters. The van der Waals surface area contributed by atoms with Gasteiger partial charge in [-0.2, -0.15) is 0 Å². The predicted octanol–water partition coefficient (Wildman–Crippen LogP) is 1.48. The number of hydrogen-bond acceptors (Lipinski definition) is 4. The van der Waals surface area contributed by atoms with E-state index in [1.54, 1.807) is 0 Å². The van der Waals surface area contributed by atoms with E-state index in [-0.39, 0.29) is 11.5 Å². The van der Waals surface area contributed by atoms with Gasteiger partial charge >= 0.3 is 0 Å². The molecule has 1 aliphatic rings. The van der Waals surface area contributed by atoms with Crippen LogP contribution in [0.2, 0.25) is 0 Å². The first-order valence-corrected chi connectivity index (χ1v) is 8.58. The molecule has 0 amide bonds. The molecule has 1 aromatic carbocycles. The van der Waals surface area contributed by atoms with Crippen LogP contribution in [0.3, 0.4) is 0 Å². The van der Waals surface area contributed by atoms with Crippen molar-refractivity contribution in [1.29, 1.82) is 0 Å². The summed E-state index contributed by atoms with van der Waals surface area (Å²) in [4.78, 5) is 1.90. The minimum absolute atomic E-state index is 0.0719. The standard InChI is InChI=1S/C14H21FN2O3S/c1-16-21(19,20)12-6-7-14(13(15)10-12)17(11-4-5-11)8-2-3-9-18/h6-7,10-11,16,18H,2-5,8-9H2,1H3. The number of sulfonamides is 1. The topological polar surface area (TPSA) is 69.6 Å². The van der Waals surface area contributed by atoms with Crippen molar-refractivity contribution < 1.29 is 17.9 Å². The second kappa shape index (κ2) is 6.72. The van der Waals surface area contributed by atoms with Gasteiger partial charge in [0.1, 0.15) is 5.82 Å². The molecule has 0 unspecified atom stereocenters. The number of nitrogens with one attached hydrogen (secondary N) is 1. The smallest absolute Gasteiger partial charge is 0.240 e. The molecule has 21 heavy (non-hydrogen) atoms. The van der Waals surface area contributed by atoms with Crippen molar-refractivity contribution >= 4 is 15.7 Å². The Hall–Kier alpha value is -1.18. The highest BCUT2D eigenvalue weighted by molar-refractivity contribution is 7.89. The molecule has 118 valence electrons. The van der Waals surface area contributed by atoms with Gasteiger partial charge in [0.2, 0.25) is 10.0 Å². The largest absolute Gasteiger partial charge is 0.396 e. The summed E-state index contributed by atoms with van der Waals surface area (Å²) in [6.45, 7) is 0.792. The molecule has 1 aliphatic carbocycles. The first kappa shape index (κ1) is 16.2. The Morgan fingerprint density at radius 3 is 2.62 bits per heavy atom. The van der Waals surface area contributed by atoms with E-state index >= 15 is 0 Å². The molecule has 5 nitrogen and oxygen atoms in total. The molecule has 2 rings (SSSR count). The van der Waals surface area contributed by atoms with Crippen molar-refractivity contribution in [3.8, 4) is 0 Å². The van der Waals surface area contributed by atoms with E-state index in [1.165, 1.54) is 19.2 Å². The molecule has 0 radical (unpaired) electrons. The summed E-state index contributed by atoms with van der Waals surface area (Å²) >= 11 is 0. The van der Waals surface area contributed by atoms with Crippen molar-refractivity contribution in [2.75, 3.05) is 25.1 Å². The van der Waals surface area contributed by atoms with Crippen LogP contribution in [0.5, 0.6) is 0 Å². The third kappa shape index (κ3) is 3.93. The summed E-state index contributed by atoms with van der Waals surface area (Å²) in [5.41, 5.74) is 0.436. The molecule has 1 saturated carbocycles. The number of aliphatic hydroxyl groups excluding tert-OH is 1. The number of rotatable bonds is 8. The first-order valence-electron chi connectivity index (χ1n) is 7.10. The maximum absolute atomic E-state index is 14.3. The second-order valence-corrected chi connectivity index (χ2v) is 7.06. The molecule has 0 heterocycles. The van der Waals surface area contributed by atoms with Crippen LogP contribution < -0.4 is 9.62 Å². The van der Waals surface area contributed by atoms with Gasteiger partial charge in [-0.15, -0.1) is 0 Å². The van der Waals surface area contributed by atoms with E-state index < -0.39 is 15.8 Å². The van der Waals surface area contributed by atoms with Crippen LogP contribution in [0.4, 0.5) is 10.1 Å². The number of unbranched alkanes of at least 4 members (excludes halogenated alkanes) is 1. The first-order chi connectivity index (χ1) is 9.99. The van der Waals surface area contributed by atoms with Crippen molar-refractivity contribution in [3.63, 3.8) is 0 Å². The maximum atomic E-state index is 14.3. The number of aliphatic hydroxyl groups is 1. The lowest BCUT2D eigenvalue weighted by atomic mass is 10.2. The number of nitrogens with zero attached hydrogens (tertiary/aromatic N) is 1. The Balaban J connectivity index is 2.21. The van der Waals surface area contributed by atoms with E-state index in [4.69, 9.17) is 5.11 Å². The monoisotopic (exact) mass is 316 g/mol. The highest BCUT2D eigenvalue weighted by Gasteiger charge is 2.30. The summed E-state index contributed by atoms with van der Waals surface area (Å²) in [7, 11) is -2.33. The Morgan fingerprint density at radius 1 is 1.38 bits per heavy atom. The summed E-state index contributed by atoms with van der Waals surface area (Å²) in [5, 5.41) is 8.85. The van der Waals surface area contributed by atoms with Gasteiger partial charge in [0, 0.05) is 19.2 Å². The molecule has 0 aromatic heterocycles. The van der Waals surface area contributed by atoms with Gasteiger partial charge in [-0.3, -0.25) is 0 Å². The molecular formula is C14H21FN2O3S. The zero-order valence-electron chi connectivity index (χ0n) is 12.0. The highest BCUT2D eigenvalue weighted by atomic mass is 32.2. The van der Waals surface area contributed by atoms with E-state index in [2.05, 4.69) is 4.72 Å². The average Bonchev–Trinajstić information content (AvgIpc) is 3.29. The van der Waals surface area contributed by atoms with Crippen LogP contribution in [0.25, 0.3) is 0 Å². The predicted molar refractivity (Wildman–Crippen MR) is 79.3 cm³/mol. The van der Waals surface area contributed by atoms with E-state index in [9.17, 15) is 12.8 Å². The van der Waals surface area contributed by atoms with Crippen LogP contribution in [0, 0.1) is 5.82 Å². The third-order valence-corrected chi connectivity index (χ3v) is 5.01. The fourth-order valence-corrected chi connectivity index (χ4v) is 3.03. The molecule has 0 spiro atoms. The molecule has 0 saturated heterocycles. The third-order valence-electron chi connectivity index (χ3n) is 3.60. The SMILES string of the molecule is CNS(=O)(=O)c1ccc(N(CCCCO)C2CC2)c(F)c1. The maximum Gasteiger partial charge on any atom is 0.240 e. The van der Waals surface area contributed by atoms with Crippen molar-refractivity contribution in [1.82, 2.24) is 4.72 Å². The molecule has 0 aliphatic heterocycles. The van der Waals surface area contributed by atoms with Gasteiger partial charge < -0.3 is 10.0 Å². The van der Waals surface area contributed by atoms with Gasteiger partial charge in [0.15, 0.2) is 0 Å². The second-order valence-electron chi connectivity index (χ2n) is 5.18. The van der Waals surface area contributed by atoms with Crippen LogP contribution in [0.15, 0.2) is 23.1 Å². The van der Waals surface area contributed by atoms with Crippen molar-refractivity contribution in [3.05, 3.63) is 24.0 Å². The summed E-state index contributed by atoms with van der Waals surface area (Å²) in [5.74, 6) is -0.526. The molecule has 2 N–H and O–H groups in total. The lowest BCUT2D eigenvalue weighted by Gasteiger charge is -2.25. The van der Waals surface area contributed by atoms with Crippen molar-refractivity contribution in [2.24, 2.45) is 0 Å². The van der Waals surface area contributed by atoms with Crippen molar-refractivity contribution in [2.45, 2.75) is 36.6 Å². The number of hydrogen-bond donors (Lipinski definition) is 2. The Kier molecular flexibility index (Phi) is 5.18. The van der Waals surface area contributed by atoms with E-state index in [1.807, 2.05) is 4.90 Å². The highest BCUT2D eigenvalue weighted by Crippen LogP contribution is 2.34. The number of anilines is 1.